The van der Waals surface area contributed by atoms with Crippen LogP contribution in [0.3, 0.4) is 0 Å². The zero-order valence-corrected chi connectivity index (χ0v) is 25.4. The SMILES string of the molecule is CC(=O)c1cn(CC(=O)N2C[C@H](F)C[C@H]2C(=O)NCc2cccc(Cl)c2F)c2cc(C(=O)NS(=O)(=O)c3ccccc3)ccc12. The van der Waals surface area contributed by atoms with E-state index in [9.17, 15) is 36.4 Å². The molecule has 2 heterocycles. The first-order valence-electron chi connectivity index (χ1n) is 13.8. The van der Waals surface area contributed by atoms with Crippen molar-refractivity contribution in [3.63, 3.8) is 0 Å². The van der Waals surface area contributed by atoms with Crippen molar-refractivity contribution in [3.8, 4) is 0 Å². The lowest BCUT2D eigenvalue weighted by Gasteiger charge is -2.24. The summed E-state index contributed by atoms with van der Waals surface area (Å²) in [7, 11) is -4.18. The van der Waals surface area contributed by atoms with Gasteiger partial charge in [-0.25, -0.2) is 21.9 Å². The summed E-state index contributed by atoms with van der Waals surface area (Å²) in [5.41, 5.74) is 0.575. The first-order valence-corrected chi connectivity index (χ1v) is 15.6. The molecule has 1 fully saturated rings. The first kappa shape index (κ1) is 31.8. The van der Waals surface area contributed by atoms with Crippen LogP contribution in [0.5, 0.6) is 0 Å². The third-order valence-corrected chi connectivity index (χ3v) is 9.11. The second-order valence-electron chi connectivity index (χ2n) is 10.5. The molecule has 0 radical (unpaired) electrons. The molecule has 3 aromatic carbocycles. The smallest absolute Gasteiger partial charge is 0.265 e. The van der Waals surface area contributed by atoms with Gasteiger partial charge in [-0.1, -0.05) is 48.0 Å². The maximum Gasteiger partial charge on any atom is 0.265 e. The lowest BCUT2D eigenvalue weighted by molar-refractivity contribution is -0.139. The Hall–Kier alpha value is -4.62. The van der Waals surface area contributed by atoms with Crippen molar-refractivity contribution in [2.75, 3.05) is 6.54 Å². The number of nitrogens with zero attached hydrogens (tertiary/aromatic N) is 2. The third-order valence-electron chi connectivity index (χ3n) is 7.47. The molecule has 0 unspecified atom stereocenters. The summed E-state index contributed by atoms with van der Waals surface area (Å²) >= 11 is 5.80. The number of amides is 3. The van der Waals surface area contributed by atoms with Crippen LogP contribution in [0, 0.1) is 5.82 Å². The number of likely N-dealkylation sites (tertiary alicyclic amines) is 1. The van der Waals surface area contributed by atoms with E-state index >= 15 is 0 Å². The topological polar surface area (TPSA) is 135 Å². The van der Waals surface area contributed by atoms with E-state index in [0.29, 0.717) is 5.39 Å². The Morgan fingerprint density at radius 1 is 1.02 bits per heavy atom. The molecule has 4 aromatic rings. The summed E-state index contributed by atoms with van der Waals surface area (Å²) < 4.78 is 57.6. The highest BCUT2D eigenvalue weighted by atomic mass is 35.5. The fourth-order valence-electron chi connectivity index (χ4n) is 5.21. The number of alkyl halides is 1. The summed E-state index contributed by atoms with van der Waals surface area (Å²) in [6.07, 6.45) is -0.336. The van der Waals surface area contributed by atoms with Gasteiger partial charge in [0.25, 0.3) is 15.9 Å². The molecular weight excluding hydrogens is 630 g/mol. The molecule has 0 saturated carbocycles. The maximum atomic E-state index is 14.5. The molecule has 0 bridgehead atoms. The average Bonchev–Trinajstić information content (AvgIpc) is 3.58. The minimum atomic E-state index is -4.18. The monoisotopic (exact) mass is 656 g/mol. The van der Waals surface area contributed by atoms with E-state index < -0.39 is 52.3 Å². The number of ketones is 1. The van der Waals surface area contributed by atoms with E-state index in [1.807, 2.05) is 4.72 Å². The van der Waals surface area contributed by atoms with Crippen LogP contribution in [-0.4, -0.2) is 60.1 Å². The van der Waals surface area contributed by atoms with E-state index in [4.69, 9.17) is 11.6 Å². The predicted octanol–water partition coefficient (Wildman–Crippen LogP) is 4.01. The number of fused-ring (bicyclic) bond motifs is 1. The molecule has 3 amide bonds. The molecule has 45 heavy (non-hydrogen) atoms. The van der Waals surface area contributed by atoms with Gasteiger partial charge in [-0.05, 0) is 37.3 Å². The normalized spacial score (nSPS) is 16.5. The number of hydrogen-bond donors (Lipinski definition) is 2. The van der Waals surface area contributed by atoms with E-state index in [0.717, 1.165) is 4.90 Å². The van der Waals surface area contributed by atoms with Crippen LogP contribution >= 0.6 is 11.6 Å². The van der Waals surface area contributed by atoms with Gasteiger partial charge in [-0.3, -0.25) is 19.2 Å². The number of hydrogen-bond acceptors (Lipinski definition) is 6. The van der Waals surface area contributed by atoms with E-state index in [1.54, 1.807) is 6.07 Å². The van der Waals surface area contributed by atoms with Gasteiger partial charge in [0.2, 0.25) is 11.8 Å². The Kier molecular flexibility index (Phi) is 9.03. The largest absolute Gasteiger partial charge is 0.350 e. The number of rotatable bonds is 9. The quantitative estimate of drug-likeness (QED) is 0.262. The van der Waals surface area contributed by atoms with Crippen LogP contribution in [0.4, 0.5) is 8.78 Å². The molecule has 10 nitrogen and oxygen atoms in total. The van der Waals surface area contributed by atoms with Crippen molar-refractivity contribution in [1.82, 2.24) is 19.5 Å². The van der Waals surface area contributed by atoms with Crippen LogP contribution in [0.25, 0.3) is 10.9 Å². The first-order chi connectivity index (χ1) is 21.4. The van der Waals surface area contributed by atoms with Gasteiger partial charge >= 0.3 is 0 Å². The van der Waals surface area contributed by atoms with Gasteiger partial charge in [-0.15, -0.1) is 0 Å². The lowest BCUT2D eigenvalue weighted by Crippen LogP contribution is -2.46. The predicted molar refractivity (Wildman–Crippen MR) is 161 cm³/mol. The highest BCUT2D eigenvalue weighted by Crippen LogP contribution is 2.26. The summed E-state index contributed by atoms with van der Waals surface area (Å²) in [4.78, 5) is 52.8. The number of halogens is 3. The van der Waals surface area contributed by atoms with Crippen LogP contribution in [0.2, 0.25) is 5.02 Å². The molecule has 5 rings (SSSR count). The summed E-state index contributed by atoms with van der Waals surface area (Å²) in [6, 6.07) is 14.6. The van der Waals surface area contributed by atoms with Gasteiger partial charge in [0.15, 0.2) is 5.78 Å². The molecule has 0 aliphatic carbocycles. The van der Waals surface area contributed by atoms with Crippen molar-refractivity contribution in [2.45, 2.75) is 43.5 Å². The fourth-order valence-corrected chi connectivity index (χ4v) is 6.40. The Bertz CT molecular complexity index is 1930. The molecule has 14 heteroatoms. The van der Waals surface area contributed by atoms with Gasteiger partial charge in [0.05, 0.1) is 22.0 Å². The van der Waals surface area contributed by atoms with Crippen molar-refractivity contribution in [1.29, 1.82) is 0 Å². The third kappa shape index (κ3) is 6.74. The highest BCUT2D eigenvalue weighted by Gasteiger charge is 2.40. The molecule has 1 aliphatic heterocycles. The second-order valence-corrected chi connectivity index (χ2v) is 12.6. The number of benzene rings is 3. The number of carbonyl (C=O) groups is 4. The maximum absolute atomic E-state index is 14.5. The Labute approximate surface area is 262 Å². The molecule has 2 atom stereocenters. The number of aromatic nitrogens is 1. The fraction of sp³-hybridized carbons (Fsp3) is 0.226. The van der Waals surface area contributed by atoms with Crippen molar-refractivity contribution >= 4 is 56.0 Å². The zero-order chi connectivity index (χ0) is 32.5. The van der Waals surface area contributed by atoms with Gasteiger partial charge in [0.1, 0.15) is 24.6 Å². The second kappa shape index (κ2) is 12.8. The van der Waals surface area contributed by atoms with Crippen molar-refractivity contribution in [3.05, 3.63) is 100 Å². The van der Waals surface area contributed by atoms with Crippen LogP contribution in [0.1, 0.15) is 39.6 Å². The number of Topliss-reactive ketones (excluding diaryl/α,β-unsaturated/α-hetero) is 1. The van der Waals surface area contributed by atoms with Crippen LogP contribution in [0.15, 0.2) is 77.8 Å². The van der Waals surface area contributed by atoms with E-state index in [1.165, 1.54) is 78.4 Å². The molecule has 2 N–H and O–H groups in total. The van der Waals surface area contributed by atoms with Gasteiger partial charge in [-0.2, -0.15) is 0 Å². The van der Waals surface area contributed by atoms with E-state index in [-0.39, 0.29) is 57.4 Å². The number of carbonyl (C=O) groups excluding carboxylic acids is 4. The molecule has 0 spiro atoms. The average molecular weight is 657 g/mol. The molecule has 1 aliphatic rings. The van der Waals surface area contributed by atoms with Gasteiger partial charge < -0.3 is 14.8 Å². The Morgan fingerprint density at radius 2 is 1.76 bits per heavy atom. The summed E-state index contributed by atoms with van der Waals surface area (Å²) in [5.74, 6) is -3.28. The summed E-state index contributed by atoms with van der Waals surface area (Å²) in [5, 5.41) is 2.82. The molecule has 234 valence electrons. The molecule has 1 saturated heterocycles. The molecular formula is C31H27ClF2N4O6S. The Morgan fingerprint density at radius 3 is 2.47 bits per heavy atom. The summed E-state index contributed by atoms with van der Waals surface area (Å²) in [6.45, 7) is 0.323. The highest BCUT2D eigenvalue weighted by molar-refractivity contribution is 7.90. The minimum absolute atomic E-state index is 0.0561. The standard InChI is InChI=1S/C31H27ClF2N4O6S/c1-18(39)24-16-37(26-12-19(10-11-23(24)26)30(41)36-45(43,44)22-7-3-2-4-8-22)17-28(40)38-15-21(33)13-27(38)31(42)35-14-20-6-5-9-25(32)29(20)34/h2-12,16,21,27H,13-15,17H2,1H3,(H,35,42)(H,36,41)/t21-,27+/m1/s1. The van der Waals surface area contributed by atoms with Crippen LogP contribution < -0.4 is 10.0 Å². The lowest BCUT2D eigenvalue weighted by atomic mass is 10.1. The van der Waals surface area contributed by atoms with Crippen molar-refractivity contribution in [2.24, 2.45) is 0 Å². The zero-order valence-electron chi connectivity index (χ0n) is 23.8. The Balaban J connectivity index is 1.37. The van der Waals surface area contributed by atoms with Crippen molar-refractivity contribution < 1.29 is 36.4 Å². The minimum Gasteiger partial charge on any atom is -0.350 e. The van der Waals surface area contributed by atoms with Gasteiger partial charge in [0, 0.05) is 41.2 Å². The van der Waals surface area contributed by atoms with E-state index in [2.05, 4.69) is 5.32 Å². The number of nitrogens with one attached hydrogen (secondary N) is 2. The molecule has 1 aromatic heterocycles. The van der Waals surface area contributed by atoms with Crippen LogP contribution in [-0.2, 0) is 32.7 Å². The number of sulfonamides is 1.